The van der Waals surface area contributed by atoms with Gasteiger partial charge in [0.25, 0.3) is 0 Å². The maximum atomic E-state index is 12.2. The van der Waals surface area contributed by atoms with Gasteiger partial charge in [0.2, 0.25) is 0 Å². The predicted molar refractivity (Wildman–Crippen MR) is 64.7 cm³/mol. The van der Waals surface area contributed by atoms with Crippen molar-refractivity contribution in [1.82, 2.24) is 10.2 Å². The van der Waals surface area contributed by atoms with E-state index in [-0.39, 0.29) is 11.7 Å². The normalized spacial score (nSPS) is 39.6. The van der Waals surface area contributed by atoms with Crippen LogP contribution >= 0.6 is 0 Å². The van der Waals surface area contributed by atoms with Crippen LogP contribution < -0.4 is 5.32 Å². The third kappa shape index (κ3) is 1.73. The van der Waals surface area contributed by atoms with E-state index in [1.165, 1.54) is 0 Å². The molecule has 3 fully saturated rings. The molecule has 1 amide bonds. The first kappa shape index (κ1) is 11.3. The van der Waals surface area contributed by atoms with Gasteiger partial charge in [-0.25, -0.2) is 4.79 Å². The van der Waals surface area contributed by atoms with E-state index >= 15 is 0 Å². The van der Waals surface area contributed by atoms with Crippen LogP contribution in [0.15, 0.2) is 0 Å². The number of carbonyl (C=O) groups excluding carboxylic acids is 1. The molecule has 0 spiro atoms. The number of nitrogens with one attached hydrogen (secondary N) is 1. The number of ether oxygens (including phenoxy) is 1. The number of amides is 1. The number of carbonyl (C=O) groups is 1. The van der Waals surface area contributed by atoms with Gasteiger partial charge in [0, 0.05) is 25.2 Å². The van der Waals surface area contributed by atoms with Crippen molar-refractivity contribution < 1.29 is 9.53 Å². The standard InChI is InChI=1S/C13H22N2O2/c1-13(2,3)17-12(16)15-10-4-5-11(15)9-7-14-6-8(9)10/h8-11,14H,4-7H2,1-3H3. The Morgan fingerprint density at radius 3 is 2.18 bits per heavy atom. The maximum absolute atomic E-state index is 12.2. The molecule has 3 rings (SSSR count). The highest BCUT2D eigenvalue weighted by Crippen LogP contribution is 2.47. The molecule has 96 valence electrons. The molecular weight excluding hydrogens is 216 g/mol. The molecule has 1 N–H and O–H groups in total. The van der Waals surface area contributed by atoms with Gasteiger partial charge >= 0.3 is 6.09 Å². The van der Waals surface area contributed by atoms with Crippen LogP contribution in [0.4, 0.5) is 4.79 Å². The molecule has 4 nitrogen and oxygen atoms in total. The third-order valence-corrected chi connectivity index (χ3v) is 4.38. The summed E-state index contributed by atoms with van der Waals surface area (Å²) in [5.74, 6) is 1.34. The molecule has 0 saturated carbocycles. The van der Waals surface area contributed by atoms with Gasteiger partial charge in [0.15, 0.2) is 0 Å². The fourth-order valence-corrected chi connectivity index (χ4v) is 3.85. The van der Waals surface area contributed by atoms with Gasteiger partial charge in [-0.1, -0.05) is 0 Å². The van der Waals surface area contributed by atoms with Crippen molar-refractivity contribution in [2.75, 3.05) is 13.1 Å². The van der Waals surface area contributed by atoms with Crippen LogP contribution in [0.1, 0.15) is 33.6 Å². The summed E-state index contributed by atoms with van der Waals surface area (Å²) in [7, 11) is 0. The lowest BCUT2D eigenvalue weighted by Gasteiger charge is -2.28. The fraction of sp³-hybridized carbons (Fsp3) is 0.923. The molecule has 4 unspecified atom stereocenters. The van der Waals surface area contributed by atoms with Gasteiger partial charge in [-0.15, -0.1) is 0 Å². The zero-order valence-electron chi connectivity index (χ0n) is 10.9. The first-order valence-electron chi connectivity index (χ1n) is 6.69. The van der Waals surface area contributed by atoms with Gasteiger partial charge in [-0.3, -0.25) is 0 Å². The van der Waals surface area contributed by atoms with Crippen LogP contribution in [0.2, 0.25) is 0 Å². The summed E-state index contributed by atoms with van der Waals surface area (Å²) in [6, 6.07) is 0.852. The molecule has 2 bridgehead atoms. The molecule has 0 radical (unpaired) electrons. The first-order chi connectivity index (χ1) is 7.97. The number of nitrogens with zero attached hydrogens (tertiary/aromatic N) is 1. The number of rotatable bonds is 0. The minimum atomic E-state index is -0.382. The maximum Gasteiger partial charge on any atom is 0.410 e. The van der Waals surface area contributed by atoms with Crippen LogP contribution in [0.25, 0.3) is 0 Å². The quantitative estimate of drug-likeness (QED) is 0.697. The van der Waals surface area contributed by atoms with Crippen LogP contribution in [-0.4, -0.2) is 41.8 Å². The van der Waals surface area contributed by atoms with Crippen molar-refractivity contribution in [2.45, 2.75) is 51.3 Å². The largest absolute Gasteiger partial charge is 0.444 e. The number of hydrogen-bond donors (Lipinski definition) is 1. The van der Waals surface area contributed by atoms with Crippen molar-refractivity contribution in [3.63, 3.8) is 0 Å². The van der Waals surface area contributed by atoms with E-state index in [4.69, 9.17) is 4.74 Å². The molecule has 4 heteroatoms. The smallest absolute Gasteiger partial charge is 0.410 e. The summed E-state index contributed by atoms with van der Waals surface area (Å²) >= 11 is 0. The number of fused-ring (bicyclic) bond motifs is 5. The molecule has 0 aromatic carbocycles. The zero-order valence-corrected chi connectivity index (χ0v) is 10.9. The van der Waals surface area contributed by atoms with Gasteiger partial charge in [-0.2, -0.15) is 0 Å². The predicted octanol–water partition coefficient (Wildman–Crippen LogP) is 1.60. The summed E-state index contributed by atoms with van der Waals surface area (Å²) < 4.78 is 5.53. The second-order valence-electron chi connectivity index (χ2n) is 6.59. The monoisotopic (exact) mass is 238 g/mol. The van der Waals surface area contributed by atoms with Crippen LogP contribution in [0.5, 0.6) is 0 Å². The van der Waals surface area contributed by atoms with Crippen molar-refractivity contribution in [1.29, 1.82) is 0 Å². The minimum absolute atomic E-state index is 0.0978. The second kappa shape index (κ2) is 3.61. The molecule has 0 aromatic rings. The lowest BCUT2D eigenvalue weighted by molar-refractivity contribution is 0.0195. The van der Waals surface area contributed by atoms with Gasteiger partial charge < -0.3 is 15.0 Å². The van der Waals surface area contributed by atoms with Crippen molar-refractivity contribution in [2.24, 2.45) is 11.8 Å². The Morgan fingerprint density at radius 2 is 1.71 bits per heavy atom. The van der Waals surface area contributed by atoms with Crippen molar-refractivity contribution >= 4 is 6.09 Å². The van der Waals surface area contributed by atoms with E-state index < -0.39 is 0 Å². The van der Waals surface area contributed by atoms with E-state index in [0.717, 1.165) is 25.9 Å². The molecule has 3 aliphatic heterocycles. The highest BCUT2D eigenvalue weighted by Gasteiger charge is 2.57. The van der Waals surface area contributed by atoms with Crippen molar-refractivity contribution in [3.05, 3.63) is 0 Å². The number of hydrogen-bond acceptors (Lipinski definition) is 3. The molecule has 3 heterocycles. The molecule has 3 aliphatic rings. The Balaban J connectivity index is 1.75. The SMILES string of the molecule is CC(C)(C)OC(=O)N1C2CCC1C1CNCC12. The lowest BCUT2D eigenvalue weighted by Crippen LogP contribution is -2.42. The van der Waals surface area contributed by atoms with Gasteiger partial charge in [0.1, 0.15) is 5.60 Å². The van der Waals surface area contributed by atoms with E-state index in [1.807, 2.05) is 25.7 Å². The van der Waals surface area contributed by atoms with Crippen LogP contribution in [0, 0.1) is 11.8 Å². The minimum Gasteiger partial charge on any atom is -0.444 e. The van der Waals surface area contributed by atoms with Crippen LogP contribution in [-0.2, 0) is 4.74 Å². The van der Waals surface area contributed by atoms with E-state index in [2.05, 4.69) is 5.32 Å². The second-order valence-corrected chi connectivity index (χ2v) is 6.59. The topological polar surface area (TPSA) is 41.6 Å². The molecule has 4 atom stereocenters. The molecule has 0 aromatic heterocycles. The zero-order chi connectivity index (χ0) is 12.2. The highest BCUT2D eigenvalue weighted by atomic mass is 16.6. The average molecular weight is 238 g/mol. The van der Waals surface area contributed by atoms with Crippen molar-refractivity contribution in [3.8, 4) is 0 Å². The lowest BCUT2D eigenvalue weighted by atomic mass is 9.82. The Hall–Kier alpha value is -0.770. The fourth-order valence-electron chi connectivity index (χ4n) is 3.85. The van der Waals surface area contributed by atoms with Gasteiger partial charge in [0.05, 0.1) is 0 Å². The van der Waals surface area contributed by atoms with E-state index in [0.29, 0.717) is 23.9 Å². The van der Waals surface area contributed by atoms with Crippen LogP contribution in [0.3, 0.4) is 0 Å². The summed E-state index contributed by atoms with van der Waals surface area (Å²) in [6.07, 6.45) is 2.22. The van der Waals surface area contributed by atoms with E-state index in [1.54, 1.807) is 0 Å². The average Bonchev–Trinajstić information content (AvgIpc) is 2.86. The third-order valence-electron chi connectivity index (χ3n) is 4.38. The molecule has 0 aliphatic carbocycles. The summed E-state index contributed by atoms with van der Waals surface area (Å²) in [6.45, 7) is 7.96. The Bertz CT molecular complexity index is 319. The summed E-state index contributed by atoms with van der Waals surface area (Å²) in [5.41, 5.74) is -0.382. The Labute approximate surface area is 103 Å². The summed E-state index contributed by atoms with van der Waals surface area (Å²) in [5, 5.41) is 3.45. The Kier molecular flexibility index (Phi) is 2.41. The van der Waals surface area contributed by atoms with E-state index in [9.17, 15) is 4.79 Å². The van der Waals surface area contributed by atoms with Gasteiger partial charge in [-0.05, 0) is 45.4 Å². The molecule has 3 saturated heterocycles. The Morgan fingerprint density at radius 1 is 1.18 bits per heavy atom. The molecule has 17 heavy (non-hydrogen) atoms. The first-order valence-corrected chi connectivity index (χ1v) is 6.69. The highest BCUT2D eigenvalue weighted by molar-refractivity contribution is 5.70. The summed E-state index contributed by atoms with van der Waals surface area (Å²) in [4.78, 5) is 14.3. The molecular formula is C13H22N2O2.